The Hall–Kier alpha value is -2.13. The van der Waals surface area contributed by atoms with Gasteiger partial charge in [-0.05, 0) is 30.7 Å². The van der Waals surface area contributed by atoms with E-state index in [1.54, 1.807) is 24.3 Å². The second-order valence-electron chi connectivity index (χ2n) is 5.25. The Balaban J connectivity index is 2.01. The van der Waals surface area contributed by atoms with Gasteiger partial charge >= 0.3 is 5.97 Å². The van der Waals surface area contributed by atoms with Crippen LogP contribution in [-0.2, 0) is 24.3 Å². The molecule has 8 nitrogen and oxygen atoms in total. The fourth-order valence-electron chi connectivity index (χ4n) is 2.33. The van der Waals surface area contributed by atoms with Gasteiger partial charge in [0.15, 0.2) is 0 Å². The molecule has 23 heavy (non-hydrogen) atoms. The molecule has 1 aromatic carbocycles. The largest absolute Gasteiger partial charge is 0.468 e. The Morgan fingerprint density at radius 3 is 2.39 bits per heavy atom. The summed E-state index contributed by atoms with van der Waals surface area (Å²) < 4.78 is 31.8. The third-order valence-corrected chi connectivity index (χ3v) is 5.24. The van der Waals surface area contributed by atoms with Crippen molar-refractivity contribution in [2.75, 3.05) is 23.7 Å². The number of sulfonamides is 1. The first-order valence-corrected chi connectivity index (χ1v) is 8.57. The molecule has 3 N–H and O–H groups in total. The lowest BCUT2D eigenvalue weighted by Crippen LogP contribution is -2.31. The van der Waals surface area contributed by atoms with Crippen LogP contribution in [0.4, 0.5) is 11.4 Å². The summed E-state index contributed by atoms with van der Waals surface area (Å²) in [5.74, 6) is -0.674. The lowest BCUT2D eigenvalue weighted by atomic mass is 10.2. The maximum Gasteiger partial charge on any atom is 0.322 e. The molecule has 2 atom stereocenters. The molecule has 0 spiro atoms. The molecular formula is C14H19N3O5S. The molecule has 0 aromatic heterocycles. The van der Waals surface area contributed by atoms with Crippen molar-refractivity contribution < 1.29 is 22.7 Å². The summed E-state index contributed by atoms with van der Waals surface area (Å²) in [6.07, 6.45) is 0.159. The maximum absolute atomic E-state index is 12.3. The molecule has 126 valence electrons. The molecule has 9 heteroatoms. The number of anilines is 2. The number of carbonyl (C=O) groups excluding carboxylic acids is 2. The van der Waals surface area contributed by atoms with Crippen molar-refractivity contribution in [1.29, 1.82) is 0 Å². The predicted octanol–water partition coefficient (Wildman–Crippen LogP) is 0.290. The topological polar surface area (TPSA) is 114 Å². The van der Waals surface area contributed by atoms with Gasteiger partial charge in [0.05, 0.1) is 12.4 Å². The SMILES string of the molecule is COC(=O)C1CC(S(=O)(=O)Nc2ccc(NC(C)=O)cc2)CN1. The molecule has 2 rings (SSSR count). The summed E-state index contributed by atoms with van der Waals surface area (Å²) in [5.41, 5.74) is 0.967. The van der Waals surface area contributed by atoms with Crippen molar-refractivity contribution in [3.05, 3.63) is 24.3 Å². The van der Waals surface area contributed by atoms with E-state index in [0.29, 0.717) is 11.4 Å². The van der Waals surface area contributed by atoms with Crippen molar-refractivity contribution in [1.82, 2.24) is 5.32 Å². The Morgan fingerprint density at radius 2 is 1.83 bits per heavy atom. The van der Waals surface area contributed by atoms with Gasteiger partial charge in [0.2, 0.25) is 15.9 Å². The van der Waals surface area contributed by atoms with Crippen molar-refractivity contribution in [2.24, 2.45) is 0 Å². The number of nitrogens with one attached hydrogen (secondary N) is 3. The summed E-state index contributed by atoms with van der Waals surface area (Å²) in [7, 11) is -2.37. The van der Waals surface area contributed by atoms with Crippen LogP contribution < -0.4 is 15.4 Å². The van der Waals surface area contributed by atoms with Gasteiger partial charge in [-0.3, -0.25) is 14.3 Å². The van der Waals surface area contributed by atoms with E-state index in [-0.39, 0.29) is 18.9 Å². The van der Waals surface area contributed by atoms with E-state index < -0.39 is 27.3 Å². The summed E-state index contributed by atoms with van der Waals surface area (Å²) in [6.45, 7) is 1.57. The normalized spacial score (nSPS) is 20.8. The number of carbonyl (C=O) groups is 2. The van der Waals surface area contributed by atoms with Crippen LogP contribution in [0.25, 0.3) is 0 Å². The molecule has 0 saturated carbocycles. The standard InChI is InChI=1S/C14H19N3O5S/c1-9(18)16-10-3-5-11(6-4-10)17-23(20,21)12-7-13(15-8-12)14(19)22-2/h3-6,12-13,15,17H,7-8H2,1-2H3,(H,16,18). The molecule has 1 aliphatic heterocycles. The monoisotopic (exact) mass is 341 g/mol. The summed E-state index contributed by atoms with van der Waals surface area (Å²) in [5, 5.41) is 4.72. The molecular weight excluding hydrogens is 322 g/mol. The number of rotatable bonds is 5. The molecule has 1 amide bonds. The molecule has 0 aliphatic carbocycles. The lowest BCUT2D eigenvalue weighted by Gasteiger charge is -2.13. The highest BCUT2D eigenvalue weighted by Crippen LogP contribution is 2.20. The second-order valence-corrected chi connectivity index (χ2v) is 7.21. The molecule has 0 radical (unpaired) electrons. The lowest BCUT2D eigenvalue weighted by molar-refractivity contribution is -0.142. The fraction of sp³-hybridized carbons (Fsp3) is 0.429. The minimum absolute atomic E-state index is 0.159. The minimum atomic E-state index is -3.63. The van der Waals surface area contributed by atoms with Crippen molar-refractivity contribution >= 4 is 33.3 Å². The van der Waals surface area contributed by atoms with Crippen molar-refractivity contribution in [3.63, 3.8) is 0 Å². The van der Waals surface area contributed by atoms with Crippen LogP contribution in [0.5, 0.6) is 0 Å². The van der Waals surface area contributed by atoms with E-state index in [2.05, 4.69) is 20.1 Å². The van der Waals surface area contributed by atoms with Gasteiger partial charge in [0, 0.05) is 24.8 Å². The highest BCUT2D eigenvalue weighted by atomic mass is 32.2. The van der Waals surface area contributed by atoms with Crippen LogP contribution in [0.3, 0.4) is 0 Å². The molecule has 0 bridgehead atoms. The third kappa shape index (κ3) is 4.42. The maximum atomic E-state index is 12.3. The Bertz CT molecular complexity index is 687. The molecule has 1 aliphatic rings. The highest BCUT2D eigenvalue weighted by molar-refractivity contribution is 7.93. The third-order valence-electron chi connectivity index (χ3n) is 3.48. The first-order valence-electron chi connectivity index (χ1n) is 7.02. The number of hydrogen-bond acceptors (Lipinski definition) is 6. The van der Waals surface area contributed by atoms with E-state index in [1.807, 2.05) is 0 Å². The minimum Gasteiger partial charge on any atom is -0.468 e. The van der Waals surface area contributed by atoms with E-state index in [0.717, 1.165) is 0 Å². The number of esters is 1. The van der Waals surface area contributed by atoms with Gasteiger partial charge in [-0.15, -0.1) is 0 Å². The van der Waals surface area contributed by atoms with Crippen LogP contribution in [0.2, 0.25) is 0 Å². The van der Waals surface area contributed by atoms with Gasteiger partial charge in [-0.25, -0.2) is 8.42 Å². The van der Waals surface area contributed by atoms with Crippen molar-refractivity contribution in [2.45, 2.75) is 24.6 Å². The zero-order valence-electron chi connectivity index (χ0n) is 12.8. The van der Waals surface area contributed by atoms with Crippen LogP contribution >= 0.6 is 0 Å². The number of hydrogen-bond donors (Lipinski definition) is 3. The average Bonchev–Trinajstić information content (AvgIpc) is 2.98. The Morgan fingerprint density at radius 1 is 1.22 bits per heavy atom. The number of benzene rings is 1. The van der Waals surface area contributed by atoms with Crippen LogP contribution in [-0.4, -0.2) is 45.2 Å². The zero-order valence-corrected chi connectivity index (χ0v) is 13.6. The molecule has 2 unspecified atom stereocenters. The highest BCUT2D eigenvalue weighted by Gasteiger charge is 2.37. The van der Waals surface area contributed by atoms with Gasteiger partial charge < -0.3 is 15.4 Å². The van der Waals surface area contributed by atoms with E-state index in [9.17, 15) is 18.0 Å². The Kier molecular flexibility index (Phi) is 5.22. The van der Waals surface area contributed by atoms with Crippen LogP contribution in [0.1, 0.15) is 13.3 Å². The molecule has 1 fully saturated rings. The summed E-state index contributed by atoms with van der Waals surface area (Å²) in [6, 6.07) is 5.71. The van der Waals surface area contributed by atoms with Gasteiger partial charge in [0.25, 0.3) is 0 Å². The molecule has 1 heterocycles. The van der Waals surface area contributed by atoms with Crippen LogP contribution in [0, 0.1) is 0 Å². The average molecular weight is 341 g/mol. The van der Waals surface area contributed by atoms with Crippen molar-refractivity contribution in [3.8, 4) is 0 Å². The van der Waals surface area contributed by atoms with E-state index in [4.69, 9.17) is 0 Å². The quantitative estimate of drug-likeness (QED) is 0.664. The smallest absolute Gasteiger partial charge is 0.322 e. The van der Waals surface area contributed by atoms with E-state index >= 15 is 0 Å². The van der Waals surface area contributed by atoms with Crippen LogP contribution in [0.15, 0.2) is 24.3 Å². The first-order chi connectivity index (χ1) is 10.8. The number of amides is 1. The van der Waals surface area contributed by atoms with Gasteiger partial charge in [-0.2, -0.15) is 0 Å². The number of methoxy groups -OCH3 is 1. The number of ether oxygens (including phenoxy) is 1. The predicted molar refractivity (Wildman–Crippen MR) is 85.5 cm³/mol. The van der Waals surface area contributed by atoms with Gasteiger partial charge in [0.1, 0.15) is 6.04 Å². The van der Waals surface area contributed by atoms with E-state index in [1.165, 1.54) is 14.0 Å². The molecule has 1 saturated heterocycles. The molecule has 1 aromatic rings. The summed E-state index contributed by atoms with van der Waals surface area (Å²) >= 11 is 0. The fourth-order valence-corrected chi connectivity index (χ4v) is 3.73. The second kappa shape index (κ2) is 6.97. The Labute approximate surface area is 134 Å². The van der Waals surface area contributed by atoms with Gasteiger partial charge in [-0.1, -0.05) is 0 Å². The zero-order chi connectivity index (χ0) is 17.0. The first kappa shape index (κ1) is 17.2. The summed E-state index contributed by atoms with van der Waals surface area (Å²) in [4.78, 5) is 22.4.